The molecule has 6 nitrogen and oxygen atoms in total. The van der Waals surface area contributed by atoms with Crippen LogP contribution in [0.3, 0.4) is 0 Å². The Labute approximate surface area is 171 Å². The summed E-state index contributed by atoms with van der Waals surface area (Å²) < 4.78 is 12.3. The van der Waals surface area contributed by atoms with Crippen LogP contribution in [0.2, 0.25) is 18.1 Å². The number of phenols is 1. The minimum absolute atomic E-state index is 0.0283. The molecule has 0 saturated heterocycles. The lowest BCUT2D eigenvalue weighted by Crippen LogP contribution is -2.44. The second-order valence-corrected chi connectivity index (χ2v) is 13.6. The number of rotatable bonds is 4. The molecule has 0 aromatic heterocycles. The van der Waals surface area contributed by atoms with Gasteiger partial charge >= 0.3 is 5.97 Å². The van der Waals surface area contributed by atoms with E-state index in [9.17, 15) is 19.8 Å². The Morgan fingerprint density at radius 2 is 1.79 bits per heavy atom. The molecule has 7 heteroatoms. The Kier molecular flexibility index (Phi) is 5.21. The van der Waals surface area contributed by atoms with Crippen molar-refractivity contribution in [3.63, 3.8) is 0 Å². The number of aromatic carboxylic acids is 1. The zero-order chi connectivity index (χ0) is 21.6. The zero-order valence-corrected chi connectivity index (χ0v) is 18.3. The van der Waals surface area contributed by atoms with Crippen molar-refractivity contribution in [1.29, 1.82) is 0 Å². The fourth-order valence-electron chi connectivity index (χ4n) is 2.99. The van der Waals surface area contributed by atoms with Crippen molar-refractivity contribution < 1.29 is 29.0 Å². The first-order valence-corrected chi connectivity index (χ1v) is 12.4. The Morgan fingerprint density at radius 3 is 2.34 bits per heavy atom. The molecular weight excluding hydrogens is 388 g/mol. The zero-order valence-electron chi connectivity index (χ0n) is 17.3. The standard InChI is InChI=1S/C22H26O6Si/c1-22(2,3)29(4,5)28-15-10-16(21(25)26)20-17(24)12-18(27-19(20)11-15)13-6-8-14(23)9-7-13/h6-11,18,23H,12H2,1-5H3,(H,25,26). The van der Waals surface area contributed by atoms with Gasteiger partial charge < -0.3 is 19.4 Å². The van der Waals surface area contributed by atoms with Crippen molar-refractivity contribution in [1.82, 2.24) is 0 Å². The number of carbonyl (C=O) groups excluding carboxylic acids is 1. The number of phenolic OH excluding ortho intramolecular Hbond substituents is 1. The van der Waals surface area contributed by atoms with Crippen molar-refractivity contribution in [2.75, 3.05) is 0 Å². The number of aromatic hydroxyl groups is 1. The third kappa shape index (κ3) is 4.14. The van der Waals surface area contributed by atoms with Gasteiger partial charge in [0.05, 0.1) is 17.5 Å². The number of carbonyl (C=O) groups is 2. The van der Waals surface area contributed by atoms with E-state index < -0.39 is 20.4 Å². The summed E-state index contributed by atoms with van der Waals surface area (Å²) >= 11 is 0. The molecule has 1 atom stereocenters. The number of fused-ring (bicyclic) bond motifs is 1. The summed E-state index contributed by atoms with van der Waals surface area (Å²) in [6.45, 7) is 10.4. The summed E-state index contributed by atoms with van der Waals surface area (Å²) in [5.41, 5.74) is 0.704. The predicted molar refractivity (Wildman–Crippen MR) is 112 cm³/mol. The molecule has 29 heavy (non-hydrogen) atoms. The SMILES string of the molecule is CC(C)(C)[Si](C)(C)Oc1cc2c(c(C(=O)O)c1)C(=O)CC(c1ccc(O)cc1)O2. The van der Waals surface area contributed by atoms with E-state index in [-0.39, 0.29) is 39.9 Å². The van der Waals surface area contributed by atoms with Gasteiger partial charge in [0.15, 0.2) is 5.78 Å². The van der Waals surface area contributed by atoms with Crippen LogP contribution < -0.4 is 9.16 Å². The highest BCUT2D eigenvalue weighted by molar-refractivity contribution is 6.74. The lowest BCUT2D eigenvalue weighted by molar-refractivity contribution is 0.0681. The number of ether oxygens (including phenoxy) is 1. The molecule has 0 amide bonds. The number of benzene rings is 2. The highest BCUT2D eigenvalue weighted by Gasteiger charge is 2.40. The molecule has 3 rings (SSSR count). The summed E-state index contributed by atoms with van der Waals surface area (Å²) in [7, 11) is -2.21. The van der Waals surface area contributed by atoms with E-state index in [1.165, 1.54) is 18.2 Å². The summed E-state index contributed by atoms with van der Waals surface area (Å²) in [4.78, 5) is 24.6. The lowest BCUT2D eigenvalue weighted by Gasteiger charge is -2.37. The molecule has 0 spiro atoms. The molecule has 2 aromatic carbocycles. The van der Waals surface area contributed by atoms with Crippen molar-refractivity contribution in [2.24, 2.45) is 0 Å². The fourth-order valence-corrected chi connectivity index (χ4v) is 4.00. The molecular formula is C22H26O6Si. The van der Waals surface area contributed by atoms with Crippen LogP contribution in [0.25, 0.3) is 0 Å². The molecule has 0 saturated carbocycles. The second-order valence-electron chi connectivity index (χ2n) is 8.84. The molecule has 1 unspecified atom stereocenters. The highest BCUT2D eigenvalue weighted by Crippen LogP contribution is 2.42. The van der Waals surface area contributed by atoms with Crippen LogP contribution in [0.1, 0.15) is 59.6 Å². The minimum Gasteiger partial charge on any atom is -0.543 e. The summed E-state index contributed by atoms with van der Waals surface area (Å²) in [5, 5.41) is 19.1. The van der Waals surface area contributed by atoms with Crippen LogP contribution in [-0.4, -0.2) is 30.3 Å². The molecule has 2 N–H and O–H groups in total. The van der Waals surface area contributed by atoms with Crippen molar-refractivity contribution in [3.8, 4) is 17.2 Å². The van der Waals surface area contributed by atoms with Crippen molar-refractivity contribution in [3.05, 3.63) is 53.1 Å². The maximum Gasteiger partial charge on any atom is 0.336 e. The normalized spacial score (nSPS) is 16.7. The average Bonchev–Trinajstić information content (AvgIpc) is 2.59. The first kappa shape index (κ1) is 20.9. The minimum atomic E-state index is -2.21. The van der Waals surface area contributed by atoms with Gasteiger partial charge in [-0.3, -0.25) is 4.79 Å². The first-order valence-electron chi connectivity index (χ1n) is 9.48. The van der Waals surface area contributed by atoms with Crippen molar-refractivity contribution >= 4 is 20.1 Å². The Bertz CT molecular complexity index is 957. The number of carboxylic acid groups (broad SMARTS) is 1. The first-order chi connectivity index (χ1) is 13.4. The summed E-state index contributed by atoms with van der Waals surface area (Å²) in [5.74, 6) is -0.753. The van der Waals surface area contributed by atoms with Gasteiger partial charge in [-0.05, 0) is 41.9 Å². The molecule has 1 aliphatic heterocycles. The van der Waals surface area contributed by atoms with Crippen LogP contribution in [0, 0.1) is 0 Å². The van der Waals surface area contributed by atoms with Crippen molar-refractivity contribution in [2.45, 2.75) is 51.4 Å². The molecule has 0 fully saturated rings. The topological polar surface area (TPSA) is 93.1 Å². The number of hydrogen-bond donors (Lipinski definition) is 2. The van der Waals surface area contributed by atoms with Gasteiger partial charge in [0.1, 0.15) is 23.4 Å². The van der Waals surface area contributed by atoms with E-state index in [1.54, 1.807) is 18.2 Å². The van der Waals surface area contributed by atoms with E-state index in [4.69, 9.17) is 9.16 Å². The van der Waals surface area contributed by atoms with E-state index in [2.05, 4.69) is 33.9 Å². The van der Waals surface area contributed by atoms with E-state index >= 15 is 0 Å². The summed E-state index contributed by atoms with van der Waals surface area (Å²) in [6.07, 6.45) is -0.527. The maximum absolute atomic E-state index is 12.8. The molecule has 2 aromatic rings. The average molecular weight is 415 g/mol. The van der Waals surface area contributed by atoms with Crippen LogP contribution in [0.5, 0.6) is 17.2 Å². The second kappa shape index (κ2) is 7.22. The molecule has 0 aliphatic carbocycles. The summed E-state index contributed by atoms with van der Waals surface area (Å²) in [6, 6.07) is 9.46. The Hall–Kier alpha value is -2.80. The van der Waals surface area contributed by atoms with E-state index in [0.29, 0.717) is 5.75 Å². The third-order valence-corrected chi connectivity index (χ3v) is 10.0. The predicted octanol–water partition coefficient (Wildman–Crippen LogP) is 5.18. The smallest absolute Gasteiger partial charge is 0.336 e. The maximum atomic E-state index is 12.8. The molecule has 0 bridgehead atoms. The lowest BCUT2D eigenvalue weighted by atomic mass is 9.93. The highest BCUT2D eigenvalue weighted by atomic mass is 28.4. The number of Topliss-reactive ketones (excluding diaryl/α,β-unsaturated/α-hetero) is 1. The molecule has 1 aliphatic rings. The van der Waals surface area contributed by atoms with Gasteiger partial charge in [0, 0.05) is 6.07 Å². The monoisotopic (exact) mass is 414 g/mol. The Morgan fingerprint density at radius 1 is 1.17 bits per heavy atom. The van der Waals surface area contributed by atoms with E-state index in [0.717, 1.165) is 5.56 Å². The van der Waals surface area contributed by atoms with E-state index in [1.807, 2.05) is 0 Å². The van der Waals surface area contributed by atoms with Gasteiger partial charge in [-0.15, -0.1) is 0 Å². The van der Waals surface area contributed by atoms with Gasteiger partial charge in [-0.1, -0.05) is 32.9 Å². The molecule has 0 radical (unpaired) electrons. The van der Waals surface area contributed by atoms with Gasteiger partial charge in [-0.2, -0.15) is 0 Å². The van der Waals surface area contributed by atoms with Crippen LogP contribution in [0.15, 0.2) is 36.4 Å². The van der Waals surface area contributed by atoms with Gasteiger partial charge in [0.2, 0.25) is 8.32 Å². The molecule has 154 valence electrons. The van der Waals surface area contributed by atoms with Crippen LogP contribution in [0.4, 0.5) is 0 Å². The number of carboxylic acids is 1. The van der Waals surface area contributed by atoms with Crippen LogP contribution in [-0.2, 0) is 0 Å². The van der Waals surface area contributed by atoms with Gasteiger partial charge in [0.25, 0.3) is 0 Å². The Balaban J connectivity index is 2.04. The number of hydrogen-bond acceptors (Lipinski definition) is 5. The quantitative estimate of drug-likeness (QED) is 0.670. The largest absolute Gasteiger partial charge is 0.543 e. The fraction of sp³-hybridized carbons (Fsp3) is 0.364. The van der Waals surface area contributed by atoms with Crippen LogP contribution >= 0.6 is 0 Å². The third-order valence-electron chi connectivity index (χ3n) is 5.67. The van der Waals surface area contributed by atoms with Gasteiger partial charge in [-0.25, -0.2) is 4.79 Å². The number of ketones is 1. The molecule has 1 heterocycles.